The van der Waals surface area contributed by atoms with Crippen LogP contribution < -0.4 is 10.2 Å². The molecule has 24 heavy (non-hydrogen) atoms. The van der Waals surface area contributed by atoms with Crippen molar-refractivity contribution in [2.24, 2.45) is 0 Å². The van der Waals surface area contributed by atoms with E-state index in [1.54, 1.807) is 6.07 Å². The summed E-state index contributed by atoms with van der Waals surface area (Å²) in [7, 11) is -3.48. The number of ether oxygens (including phenoxy) is 1. The predicted octanol–water partition coefficient (Wildman–Crippen LogP) is 1.77. The van der Waals surface area contributed by atoms with Crippen LogP contribution in [0.1, 0.15) is 10.6 Å². The number of carbonyl (C=O) groups excluding carboxylic acids is 1. The van der Waals surface area contributed by atoms with Crippen LogP contribution in [0, 0.1) is 0 Å². The Balaban J connectivity index is 1.81. The Kier molecular flexibility index (Phi) is 4.59. The zero-order chi connectivity index (χ0) is 17.2. The maximum atomic E-state index is 12.3. The lowest BCUT2D eigenvalue weighted by Crippen LogP contribution is -2.36. The van der Waals surface area contributed by atoms with Gasteiger partial charge in [-0.1, -0.05) is 12.1 Å². The summed E-state index contributed by atoms with van der Waals surface area (Å²) in [5.74, 6) is -0.544. The summed E-state index contributed by atoms with van der Waals surface area (Å²) in [6.45, 7) is 2.76. The van der Waals surface area contributed by atoms with Crippen molar-refractivity contribution in [1.82, 2.24) is 0 Å². The van der Waals surface area contributed by atoms with E-state index in [-0.39, 0.29) is 10.9 Å². The van der Waals surface area contributed by atoms with Crippen LogP contribution in [0.2, 0.25) is 0 Å². The first-order valence-electron chi connectivity index (χ1n) is 7.48. The van der Waals surface area contributed by atoms with Gasteiger partial charge in [0.1, 0.15) is 0 Å². The Labute approximate surface area is 140 Å². The Morgan fingerprint density at radius 1 is 1.12 bits per heavy atom. The van der Waals surface area contributed by atoms with Crippen LogP contribution >= 0.6 is 0 Å². The lowest BCUT2D eigenvalue weighted by molar-refractivity contribution is 0.0991. The fourth-order valence-electron chi connectivity index (χ4n) is 2.48. The van der Waals surface area contributed by atoms with Crippen molar-refractivity contribution in [3.05, 3.63) is 42.2 Å². The molecule has 7 nitrogen and oxygen atoms in total. The van der Waals surface area contributed by atoms with Crippen molar-refractivity contribution in [1.29, 1.82) is 0 Å². The number of nitrogens with one attached hydrogen (secondary N) is 1. The molecule has 1 N–H and O–H groups in total. The monoisotopic (exact) mass is 350 g/mol. The molecule has 128 valence electrons. The van der Waals surface area contributed by atoms with Crippen LogP contribution in [0.3, 0.4) is 0 Å². The van der Waals surface area contributed by atoms with Crippen LogP contribution in [0.15, 0.2) is 45.9 Å². The Morgan fingerprint density at radius 2 is 1.83 bits per heavy atom. The number of hydrogen-bond acceptors (Lipinski definition) is 6. The lowest BCUT2D eigenvalue weighted by atomic mass is 10.2. The number of benzene rings is 1. The summed E-state index contributed by atoms with van der Waals surface area (Å²) in [5, 5.41) is 2.55. The van der Waals surface area contributed by atoms with Gasteiger partial charge in [-0.3, -0.25) is 4.79 Å². The number of anilines is 2. The van der Waals surface area contributed by atoms with E-state index in [2.05, 4.69) is 10.2 Å². The standard InChI is InChI=1S/C16H18N2O5S/c1-24(20,21)15-7-6-14(23-15)16(19)17-12-4-2-3-5-13(12)18-8-10-22-11-9-18/h2-7H,8-11H2,1H3,(H,17,19). The van der Waals surface area contributed by atoms with Gasteiger partial charge in [0, 0.05) is 19.3 Å². The summed E-state index contributed by atoms with van der Waals surface area (Å²) < 4.78 is 33.4. The highest BCUT2D eigenvalue weighted by molar-refractivity contribution is 7.90. The van der Waals surface area contributed by atoms with Gasteiger partial charge < -0.3 is 19.4 Å². The normalized spacial score (nSPS) is 15.3. The van der Waals surface area contributed by atoms with Crippen LogP contribution in [-0.2, 0) is 14.6 Å². The van der Waals surface area contributed by atoms with E-state index in [9.17, 15) is 13.2 Å². The topological polar surface area (TPSA) is 88.9 Å². The molecule has 0 spiro atoms. The maximum absolute atomic E-state index is 12.3. The number of rotatable bonds is 4. The molecular formula is C16H18N2O5S. The quantitative estimate of drug-likeness (QED) is 0.904. The maximum Gasteiger partial charge on any atom is 0.291 e. The number of hydrogen-bond donors (Lipinski definition) is 1. The molecule has 2 aromatic rings. The Morgan fingerprint density at radius 3 is 2.50 bits per heavy atom. The smallest absolute Gasteiger partial charge is 0.291 e. The first-order chi connectivity index (χ1) is 11.4. The molecule has 8 heteroatoms. The minimum absolute atomic E-state index is 0.0489. The average Bonchev–Trinajstić information content (AvgIpc) is 3.07. The van der Waals surface area contributed by atoms with Crippen molar-refractivity contribution in [3.8, 4) is 0 Å². The van der Waals surface area contributed by atoms with Crippen LogP contribution in [-0.4, -0.2) is 46.9 Å². The molecule has 0 radical (unpaired) electrons. The summed E-state index contributed by atoms with van der Waals surface area (Å²) in [4.78, 5) is 14.5. The second kappa shape index (κ2) is 6.66. The molecule has 0 atom stereocenters. The lowest BCUT2D eigenvalue weighted by Gasteiger charge is -2.30. The first-order valence-corrected chi connectivity index (χ1v) is 9.37. The summed E-state index contributed by atoms with van der Waals surface area (Å²) in [5.41, 5.74) is 1.53. The third kappa shape index (κ3) is 3.60. The summed E-state index contributed by atoms with van der Waals surface area (Å²) >= 11 is 0. The molecular weight excluding hydrogens is 332 g/mol. The Bertz CT molecular complexity index is 838. The molecule has 0 saturated carbocycles. The van der Waals surface area contributed by atoms with Gasteiger partial charge in [-0.25, -0.2) is 8.42 Å². The number of nitrogens with zero attached hydrogens (tertiary/aromatic N) is 1. The molecule has 1 amide bonds. The highest BCUT2D eigenvalue weighted by Gasteiger charge is 2.19. The molecule has 1 saturated heterocycles. The predicted molar refractivity (Wildman–Crippen MR) is 89.2 cm³/mol. The SMILES string of the molecule is CS(=O)(=O)c1ccc(C(=O)Nc2ccccc2N2CCOCC2)o1. The molecule has 0 bridgehead atoms. The van der Waals surface area contributed by atoms with E-state index in [0.717, 1.165) is 25.0 Å². The average molecular weight is 350 g/mol. The van der Waals surface area contributed by atoms with E-state index in [0.29, 0.717) is 18.9 Å². The number of sulfone groups is 1. The van der Waals surface area contributed by atoms with Crippen molar-refractivity contribution < 1.29 is 22.4 Å². The van der Waals surface area contributed by atoms with E-state index in [4.69, 9.17) is 9.15 Å². The van der Waals surface area contributed by atoms with Gasteiger partial charge in [-0.2, -0.15) is 0 Å². The van der Waals surface area contributed by atoms with E-state index >= 15 is 0 Å². The molecule has 3 rings (SSSR count). The minimum Gasteiger partial charge on any atom is -0.440 e. The van der Waals surface area contributed by atoms with E-state index < -0.39 is 15.7 Å². The highest BCUT2D eigenvalue weighted by atomic mass is 32.2. The Hall–Kier alpha value is -2.32. The zero-order valence-corrected chi connectivity index (χ0v) is 14.0. The largest absolute Gasteiger partial charge is 0.440 e. The second-order valence-corrected chi connectivity index (χ2v) is 7.41. The van der Waals surface area contributed by atoms with E-state index in [1.807, 2.05) is 18.2 Å². The molecule has 1 fully saturated rings. The van der Waals surface area contributed by atoms with Crippen LogP contribution in [0.25, 0.3) is 0 Å². The number of furan rings is 1. The van der Waals surface area contributed by atoms with Gasteiger partial charge in [0.15, 0.2) is 5.76 Å². The third-order valence-corrected chi connectivity index (χ3v) is 4.62. The number of morpholine rings is 1. The van der Waals surface area contributed by atoms with Crippen LogP contribution in [0.5, 0.6) is 0 Å². The minimum atomic E-state index is -3.48. The van der Waals surface area contributed by atoms with Gasteiger partial charge in [-0.15, -0.1) is 0 Å². The van der Waals surface area contributed by atoms with E-state index in [1.165, 1.54) is 12.1 Å². The molecule has 1 aliphatic rings. The number of para-hydroxylation sites is 2. The molecule has 0 aliphatic carbocycles. The van der Waals surface area contributed by atoms with Gasteiger partial charge >= 0.3 is 0 Å². The van der Waals surface area contributed by atoms with Gasteiger partial charge in [0.05, 0.1) is 24.6 Å². The second-order valence-electron chi connectivity index (χ2n) is 5.46. The molecule has 0 unspecified atom stereocenters. The van der Waals surface area contributed by atoms with Gasteiger partial charge in [0.2, 0.25) is 14.9 Å². The zero-order valence-electron chi connectivity index (χ0n) is 13.2. The van der Waals surface area contributed by atoms with Gasteiger partial charge in [0.25, 0.3) is 5.91 Å². The van der Waals surface area contributed by atoms with Gasteiger partial charge in [-0.05, 0) is 24.3 Å². The third-order valence-electron chi connectivity index (χ3n) is 3.67. The first kappa shape index (κ1) is 16.5. The van der Waals surface area contributed by atoms with Crippen molar-refractivity contribution >= 4 is 27.1 Å². The molecule has 2 heterocycles. The molecule has 1 aromatic carbocycles. The fourth-order valence-corrected chi connectivity index (χ4v) is 3.04. The fraction of sp³-hybridized carbons (Fsp3) is 0.312. The molecule has 1 aromatic heterocycles. The summed E-state index contributed by atoms with van der Waals surface area (Å²) in [6.07, 6.45) is 1.03. The van der Waals surface area contributed by atoms with Crippen molar-refractivity contribution in [2.45, 2.75) is 5.09 Å². The van der Waals surface area contributed by atoms with Crippen molar-refractivity contribution in [2.75, 3.05) is 42.8 Å². The highest BCUT2D eigenvalue weighted by Crippen LogP contribution is 2.27. The number of amides is 1. The van der Waals surface area contributed by atoms with Crippen molar-refractivity contribution in [3.63, 3.8) is 0 Å². The molecule has 1 aliphatic heterocycles. The summed E-state index contributed by atoms with van der Waals surface area (Å²) in [6, 6.07) is 10.1. The number of carbonyl (C=O) groups is 1. The van der Waals surface area contributed by atoms with Crippen LogP contribution in [0.4, 0.5) is 11.4 Å².